The van der Waals surface area contributed by atoms with Crippen molar-refractivity contribution in [3.63, 3.8) is 0 Å². The second-order valence-electron chi connectivity index (χ2n) is 1.43. The first-order chi connectivity index (χ1) is 4.85. The maximum Gasteiger partial charge on any atom is 0.149 e. The zero-order valence-electron chi connectivity index (χ0n) is 5.15. The summed E-state index contributed by atoms with van der Waals surface area (Å²) in [6.45, 7) is 0. The highest BCUT2D eigenvalue weighted by Gasteiger charge is 1.97. The fourth-order valence-corrected chi connectivity index (χ4v) is 0.307. The molecule has 0 spiro atoms. The first-order valence-corrected chi connectivity index (χ1v) is 2.56. The second-order valence-corrected chi connectivity index (χ2v) is 1.43. The number of aldehydes is 2. The molecule has 4 nitrogen and oxygen atoms in total. The Hall–Kier alpha value is -1.63. The van der Waals surface area contributed by atoms with E-state index in [0.29, 0.717) is 12.6 Å². The van der Waals surface area contributed by atoms with E-state index in [4.69, 9.17) is 5.26 Å². The van der Waals surface area contributed by atoms with Crippen LogP contribution in [0, 0.1) is 11.3 Å². The van der Waals surface area contributed by atoms with Crippen LogP contribution in [0.25, 0.3) is 0 Å². The van der Waals surface area contributed by atoms with Crippen molar-refractivity contribution < 1.29 is 9.59 Å². The maximum atomic E-state index is 9.92. The van der Waals surface area contributed by atoms with Gasteiger partial charge < -0.3 is 14.9 Å². The monoisotopic (exact) mass is 138 g/mol. The standard InChI is InChI=1S/C6H6N2O2/c7-2-1-3-8-6(4-9)5-10/h1,3-6,8H. The fraction of sp³-hybridized carbons (Fsp3) is 0.167. The molecule has 0 aromatic carbocycles. The molecule has 0 fully saturated rings. The van der Waals surface area contributed by atoms with Crippen LogP contribution in [-0.4, -0.2) is 18.6 Å². The van der Waals surface area contributed by atoms with E-state index in [2.05, 4.69) is 5.32 Å². The fourth-order valence-electron chi connectivity index (χ4n) is 0.307. The summed E-state index contributed by atoms with van der Waals surface area (Å²) in [7, 11) is 0. The van der Waals surface area contributed by atoms with Crippen molar-refractivity contribution in [2.45, 2.75) is 6.04 Å². The van der Waals surface area contributed by atoms with Crippen LogP contribution >= 0.6 is 0 Å². The minimum Gasteiger partial charge on any atom is -0.375 e. The van der Waals surface area contributed by atoms with Gasteiger partial charge in [0, 0.05) is 12.3 Å². The third kappa shape index (κ3) is 3.38. The van der Waals surface area contributed by atoms with E-state index >= 15 is 0 Å². The van der Waals surface area contributed by atoms with Crippen LogP contribution in [0.3, 0.4) is 0 Å². The summed E-state index contributed by atoms with van der Waals surface area (Å²) >= 11 is 0. The Kier molecular flexibility index (Phi) is 4.61. The lowest BCUT2D eigenvalue weighted by molar-refractivity contribution is -0.116. The number of hydrogen-bond acceptors (Lipinski definition) is 4. The molecule has 0 aliphatic carbocycles. The van der Waals surface area contributed by atoms with Gasteiger partial charge in [-0.3, -0.25) is 0 Å². The molecule has 0 radical (unpaired) electrons. The van der Waals surface area contributed by atoms with Gasteiger partial charge in [0.25, 0.3) is 0 Å². The molecule has 0 bridgehead atoms. The Morgan fingerprint density at radius 3 is 2.40 bits per heavy atom. The molecule has 52 valence electrons. The molecular formula is C6H6N2O2. The molecule has 0 amide bonds. The lowest BCUT2D eigenvalue weighted by Gasteiger charge is -1.97. The van der Waals surface area contributed by atoms with Crippen molar-refractivity contribution in [3.8, 4) is 6.07 Å². The lowest BCUT2D eigenvalue weighted by Crippen LogP contribution is -2.26. The molecule has 0 rings (SSSR count). The minimum absolute atomic E-state index is 0.453. The molecule has 0 unspecified atom stereocenters. The van der Waals surface area contributed by atoms with Crippen LogP contribution in [0.4, 0.5) is 0 Å². The second kappa shape index (κ2) is 5.51. The van der Waals surface area contributed by atoms with Gasteiger partial charge in [-0.15, -0.1) is 0 Å². The maximum absolute atomic E-state index is 9.92. The minimum atomic E-state index is -0.843. The molecule has 1 N–H and O–H groups in total. The number of carbonyl (C=O) groups is 2. The number of allylic oxidation sites excluding steroid dienone is 1. The summed E-state index contributed by atoms with van der Waals surface area (Å²) < 4.78 is 0. The van der Waals surface area contributed by atoms with Crippen LogP contribution in [0.1, 0.15) is 0 Å². The van der Waals surface area contributed by atoms with Crippen LogP contribution in [0.15, 0.2) is 12.3 Å². The SMILES string of the molecule is N#CC=CNC(C=O)C=O. The first-order valence-electron chi connectivity index (χ1n) is 2.56. The molecule has 0 aromatic rings. The predicted octanol–water partition coefficient (Wildman–Crippen LogP) is -0.620. The van der Waals surface area contributed by atoms with E-state index in [1.54, 1.807) is 6.07 Å². The first kappa shape index (κ1) is 8.37. The van der Waals surface area contributed by atoms with E-state index in [1.807, 2.05) is 0 Å². The zero-order valence-corrected chi connectivity index (χ0v) is 5.15. The molecule has 0 aliphatic rings. The summed E-state index contributed by atoms with van der Waals surface area (Å²) in [5.41, 5.74) is 0. The Labute approximate surface area is 58.1 Å². The van der Waals surface area contributed by atoms with Gasteiger partial charge >= 0.3 is 0 Å². The van der Waals surface area contributed by atoms with Crippen LogP contribution in [0.5, 0.6) is 0 Å². The molecule has 10 heavy (non-hydrogen) atoms. The number of rotatable bonds is 4. The van der Waals surface area contributed by atoms with E-state index in [-0.39, 0.29) is 0 Å². The number of nitrogens with one attached hydrogen (secondary N) is 1. The summed E-state index contributed by atoms with van der Waals surface area (Å²) in [5.74, 6) is 0. The van der Waals surface area contributed by atoms with Gasteiger partial charge in [0.15, 0.2) is 0 Å². The summed E-state index contributed by atoms with van der Waals surface area (Å²) in [5, 5.41) is 10.4. The average Bonchev–Trinajstić information content (AvgIpc) is 1.99. The van der Waals surface area contributed by atoms with Gasteiger partial charge in [-0.25, -0.2) is 0 Å². The lowest BCUT2D eigenvalue weighted by atomic mass is 10.4. The Morgan fingerprint density at radius 2 is 2.00 bits per heavy atom. The van der Waals surface area contributed by atoms with Crippen molar-refractivity contribution in [2.24, 2.45) is 0 Å². The Balaban J connectivity index is 3.66. The van der Waals surface area contributed by atoms with E-state index in [1.165, 1.54) is 6.20 Å². The van der Waals surface area contributed by atoms with Crippen molar-refractivity contribution in [3.05, 3.63) is 12.3 Å². The van der Waals surface area contributed by atoms with Gasteiger partial charge in [0.1, 0.15) is 18.6 Å². The highest BCUT2D eigenvalue weighted by Crippen LogP contribution is 1.70. The van der Waals surface area contributed by atoms with Crippen LogP contribution in [0.2, 0.25) is 0 Å². The third-order valence-electron chi connectivity index (χ3n) is 0.740. The molecule has 0 atom stereocenters. The van der Waals surface area contributed by atoms with Gasteiger partial charge in [0.05, 0.1) is 6.07 Å². The Bertz CT molecular complexity index is 173. The Morgan fingerprint density at radius 1 is 1.40 bits per heavy atom. The highest BCUT2D eigenvalue weighted by atomic mass is 16.1. The van der Waals surface area contributed by atoms with E-state index in [0.717, 1.165) is 6.08 Å². The van der Waals surface area contributed by atoms with Crippen LogP contribution < -0.4 is 5.32 Å². The molecule has 0 saturated heterocycles. The highest BCUT2D eigenvalue weighted by molar-refractivity contribution is 5.82. The van der Waals surface area contributed by atoms with E-state index in [9.17, 15) is 9.59 Å². The zero-order chi connectivity index (χ0) is 7.82. The summed E-state index contributed by atoms with van der Waals surface area (Å²) in [6.07, 6.45) is 3.29. The topological polar surface area (TPSA) is 70.0 Å². The number of nitrogens with zero attached hydrogens (tertiary/aromatic N) is 1. The summed E-state index contributed by atoms with van der Waals surface area (Å²) in [4.78, 5) is 19.8. The molecule has 0 aromatic heterocycles. The van der Waals surface area contributed by atoms with Crippen LogP contribution in [-0.2, 0) is 9.59 Å². The van der Waals surface area contributed by atoms with Gasteiger partial charge in [-0.1, -0.05) is 0 Å². The molecule has 0 aliphatic heterocycles. The van der Waals surface area contributed by atoms with E-state index < -0.39 is 6.04 Å². The van der Waals surface area contributed by atoms with Crippen molar-refractivity contribution in [2.75, 3.05) is 0 Å². The molecule has 4 heteroatoms. The molecule has 0 heterocycles. The predicted molar refractivity (Wildman–Crippen MR) is 33.8 cm³/mol. The smallest absolute Gasteiger partial charge is 0.149 e. The number of hydrogen-bond donors (Lipinski definition) is 1. The normalized spacial score (nSPS) is 9.20. The van der Waals surface area contributed by atoms with Gasteiger partial charge in [-0.05, 0) is 0 Å². The van der Waals surface area contributed by atoms with Crippen molar-refractivity contribution in [1.82, 2.24) is 5.32 Å². The third-order valence-corrected chi connectivity index (χ3v) is 0.740. The quantitative estimate of drug-likeness (QED) is 0.319. The largest absolute Gasteiger partial charge is 0.375 e. The molecule has 0 saturated carbocycles. The van der Waals surface area contributed by atoms with Crippen molar-refractivity contribution in [1.29, 1.82) is 5.26 Å². The average molecular weight is 138 g/mol. The van der Waals surface area contributed by atoms with Gasteiger partial charge in [-0.2, -0.15) is 5.26 Å². The summed E-state index contributed by atoms with van der Waals surface area (Å²) in [6, 6.07) is 0.853. The number of nitriles is 1. The molecular weight excluding hydrogens is 132 g/mol. The van der Waals surface area contributed by atoms with Gasteiger partial charge in [0.2, 0.25) is 0 Å². The van der Waals surface area contributed by atoms with Crippen molar-refractivity contribution >= 4 is 12.6 Å². The number of carbonyl (C=O) groups excluding carboxylic acids is 2.